The second-order valence-electron chi connectivity index (χ2n) is 5.51. The van der Waals surface area contributed by atoms with Gasteiger partial charge in [0.2, 0.25) is 5.91 Å². The lowest BCUT2D eigenvalue weighted by Crippen LogP contribution is -2.48. The van der Waals surface area contributed by atoms with Crippen LogP contribution in [0.4, 0.5) is 0 Å². The summed E-state index contributed by atoms with van der Waals surface area (Å²) in [5, 5.41) is 2.66. The van der Waals surface area contributed by atoms with Gasteiger partial charge in [-0.25, -0.2) is 0 Å². The molecule has 0 spiro atoms. The molecule has 23 heavy (non-hydrogen) atoms. The zero-order valence-electron chi connectivity index (χ0n) is 13.1. The summed E-state index contributed by atoms with van der Waals surface area (Å²) in [7, 11) is 1.49. The van der Waals surface area contributed by atoms with Crippen molar-refractivity contribution in [2.75, 3.05) is 7.11 Å². The molecule has 2 amide bonds. The SMILES string of the molecule is COc1ccccc1C(=O)NNC(=S)NC(=O)CC1CCCC1. The first-order valence-corrected chi connectivity index (χ1v) is 8.04. The van der Waals surface area contributed by atoms with Crippen molar-refractivity contribution < 1.29 is 14.3 Å². The normalized spacial score (nSPS) is 14.1. The van der Waals surface area contributed by atoms with Crippen LogP contribution >= 0.6 is 12.2 Å². The van der Waals surface area contributed by atoms with Gasteiger partial charge in [-0.3, -0.25) is 20.4 Å². The summed E-state index contributed by atoms with van der Waals surface area (Å²) in [6.45, 7) is 0. The predicted octanol–water partition coefficient (Wildman–Crippen LogP) is 1.91. The monoisotopic (exact) mass is 335 g/mol. The number of carbonyl (C=O) groups excluding carboxylic acids is 2. The van der Waals surface area contributed by atoms with Gasteiger partial charge in [0.25, 0.3) is 5.91 Å². The molecule has 1 aromatic rings. The standard InChI is InChI=1S/C16H21N3O3S/c1-22-13-9-5-4-8-12(13)15(21)18-19-16(23)17-14(20)10-11-6-2-3-7-11/h4-5,8-9,11H,2-3,6-7,10H2,1H3,(H,18,21)(H2,17,19,20,23). The van der Waals surface area contributed by atoms with Gasteiger partial charge in [-0.15, -0.1) is 0 Å². The lowest BCUT2D eigenvalue weighted by molar-refractivity contribution is -0.120. The quantitative estimate of drug-likeness (QED) is 0.579. The van der Waals surface area contributed by atoms with E-state index < -0.39 is 5.91 Å². The Morgan fingerprint density at radius 3 is 2.61 bits per heavy atom. The maximum atomic E-state index is 12.1. The van der Waals surface area contributed by atoms with E-state index in [9.17, 15) is 9.59 Å². The number of amides is 2. The number of carbonyl (C=O) groups is 2. The molecule has 1 aliphatic carbocycles. The molecule has 0 bridgehead atoms. The zero-order valence-corrected chi connectivity index (χ0v) is 13.9. The van der Waals surface area contributed by atoms with E-state index in [2.05, 4.69) is 16.2 Å². The Morgan fingerprint density at radius 1 is 1.22 bits per heavy atom. The Labute approximate surface area is 140 Å². The fraction of sp³-hybridized carbons (Fsp3) is 0.438. The zero-order chi connectivity index (χ0) is 16.7. The first-order chi connectivity index (χ1) is 11.1. The van der Waals surface area contributed by atoms with Crippen LogP contribution in [0.3, 0.4) is 0 Å². The van der Waals surface area contributed by atoms with Crippen LogP contribution in [-0.2, 0) is 4.79 Å². The first kappa shape index (κ1) is 17.2. The number of rotatable bonds is 4. The number of ether oxygens (including phenoxy) is 1. The van der Waals surface area contributed by atoms with Gasteiger partial charge in [-0.1, -0.05) is 25.0 Å². The summed E-state index contributed by atoms with van der Waals surface area (Å²) in [4.78, 5) is 23.9. The summed E-state index contributed by atoms with van der Waals surface area (Å²) in [5.41, 5.74) is 5.36. The third kappa shape index (κ3) is 5.21. The molecule has 1 fully saturated rings. The van der Waals surface area contributed by atoms with Crippen molar-refractivity contribution in [1.29, 1.82) is 0 Å². The summed E-state index contributed by atoms with van der Waals surface area (Å²) < 4.78 is 5.12. The Morgan fingerprint density at radius 2 is 1.91 bits per heavy atom. The van der Waals surface area contributed by atoms with Gasteiger partial charge in [0.05, 0.1) is 12.7 Å². The maximum Gasteiger partial charge on any atom is 0.273 e. The van der Waals surface area contributed by atoms with Crippen LogP contribution in [0.1, 0.15) is 42.5 Å². The molecule has 124 valence electrons. The van der Waals surface area contributed by atoms with E-state index >= 15 is 0 Å². The van der Waals surface area contributed by atoms with Crippen molar-refractivity contribution in [2.24, 2.45) is 5.92 Å². The number of hydrogen-bond acceptors (Lipinski definition) is 4. The molecular formula is C16H21N3O3S. The smallest absolute Gasteiger partial charge is 0.273 e. The fourth-order valence-electron chi connectivity index (χ4n) is 2.70. The van der Waals surface area contributed by atoms with Gasteiger partial charge in [0.15, 0.2) is 5.11 Å². The van der Waals surface area contributed by atoms with Gasteiger partial charge in [0.1, 0.15) is 5.75 Å². The van der Waals surface area contributed by atoms with Gasteiger partial charge < -0.3 is 10.1 Å². The Balaban J connectivity index is 1.77. The van der Waals surface area contributed by atoms with E-state index in [0.29, 0.717) is 23.7 Å². The number of methoxy groups -OCH3 is 1. The molecule has 1 aliphatic rings. The number of para-hydroxylation sites is 1. The average molecular weight is 335 g/mol. The maximum absolute atomic E-state index is 12.1. The Kier molecular flexibility index (Phi) is 6.34. The van der Waals surface area contributed by atoms with Crippen LogP contribution in [0, 0.1) is 5.92 Å². The highest BCUT2D eigenvalue weighted by molar-refractivity contribution is 7.80. The van der Waals surface area contributed by atoms with Crippen LogP contribution in [-0.4, -0.2) is 24.0 Å². The molecule has 0 unspecified atom stereocenters. The van der Waals surface area contributed by atoms with Gasteiger partial charge in [-0.05, 0) is 43.1 Å². The van der Waals surface area contributed by atoms with Crippen molar-refractivity contribution in [3.63, 3.8) is 0 Å². The molecule has 0 radical (unpaired) electrons. The lowest BCUT2D eigenvalue weighted by atomic mass is 10.0. The third-order valence-electron chi connectivity index (χ3n) is 3.84. The van der Waals surface area contributed by atoms with E-state index in [1.165, 1.54) is 20.0 Å². The van der Waals surface area contributed by atoms with Crippen LogP contribution < -0.4 is 20.9 Å². The van der Waals surface area contributed by atoms with E-state index in [1.54, 1.807) is 24.3 Å². The minimum absolute atomic E-state index is 0.0799. The average Bonchev–Trinajstić information content (AvgIpc) is 3.05. The number of hydrazine groups is 1. The highest BCUT2D eigenvalue weighted by Crippen LogP contribution is 2.27. The molecule has 1 aromatic carbocycles. The van der Waals surface area contributed by atoms with Gasteiger partial charge in [0, 0.05) is 6.42 Å². The highest BCUT2D eigenvalue weighted by atomic mass is 32.1. The summed E-state index contributed by atoms with van der Waals surface area (Å²) in [5.74, 6) is 0.389. The molecular weight excluding hydrogens is 314 g/mol. The lowest BCUT2D eigenvalue weighted by Gasteiger charge is -2.13. The first-order valence-electron chi connectivity index (χ1n) is 7.63. The molecule has 0 saturated heterocycles. The Hall–Kier alpha value is -2.15. The second-order valence-corrected chi connectivity index (χ2v) is 5.92. The van der Waals surface area contributed by atoms with E-state index in [-0.39, 0.29) is 11.0 Å². The second kappa shape index (κ2) is 8.47. The Bertz CT molecular complexity index is 586. The highest BCUT2D eigenvalue weighted by Gasteiger charge is 2.19. The topological polar surface area (TPSA) is 79.5 Å². The number of benzene rings is 1. The van der Waals surface area contributed by atoms with Crippen LogP contribution in [0.15, 0.2) is 24.3 Å². The summed E-state index contributed by atoms with van der Waals surface area (Å²) >= 11 is 5.01. The largest absolute Gasteiger partial charge is 0.496 e. The minimum Gasteiger partial charge on any atom is -0.496 e. The molecule has 6 nitrogen and oxygen atoms in total. The van der Waals surface area contributed by atoms with E-state index in [0.717, 1.165) is 12.8 Å². The molecule has 2 rings (SSSR count). The van der Waals surface area contributed by atoms with Crippen molar-refractivity contribution in [3.8, 4) is 5.75 Å². The predicted molar refractivity (Wildman–Crippen MR) is 90.9 cm³/mol. The fourth-order valence-corrected chi connectivity index (χ4v) is 2.86. The summed E-state index contributed by atoms with van der Waals surface area (Å²) in [6, 6.07) is 6.84. The minimum atomic E-state index is -0.394. The summed E-state index contributed by atoms with van der Waals surface area (Å²) in [6.07, 6.45) is 5.05. The molecule has 0 aromatic heterocycles. The van der Waals surface area contributed by atoms with Crippen molar-refractivity contribution >= 4 is 29.1 Å². The number of nitrogens with one attached hydrogen (secondary N) is 3. The number of hydrogen-bond donors (Lipinski definition) is 3. The third-order valence-corrected chi connectivity index (χ3v) is 4.05. The van der Waals surface area contributed by atoms with E-state index in [4.69, 9.17) is 17.0 Å². The van der Waals surface area contributed by atoms with Crippen molar-refractivity contribution in [3.05, 3.63) is 29.8 Å². The van der Waals surface area contributed by atoms with Crippen molar-refractivity contribution in [2.45, 2.75) is 32.1 Å². The molecule has 7 heteroatoms. The van der Waals surface area contributed by atoms with Gasteiger partial charge >= 0.3 is 0 Å². The molecule has 1 saturated carbocycles. The molecule has 0 aliphatic heterocycles. The van der Waals surface area contributed by atoms with Gasteiger partial charge in [-0.2, -0.15) is 0 Å². The molecule has 0 atom stereocenters. The van der Waals surface area contributed by atoms with Crippen LogP contribution in [0.5, 0.6) is 5.75 Å². The molecule has 3 N–H and O–H groups in total. The van der Waals surface area contributed by atoms with Crippen LogP contribution in [0.25, 0.3) is 0 Å². The molecule has 0 heterocycles. The van der Waals surface area contributed by atoms with E-state index in [1.807, 2.05) is 0 Å². The van der Waals surface area contributed by atoms with Crippen LogP contribution in [0.2, 0.25) is 0 Å². The number of thiocarbonyl (C=S) groups is 1. The van der Waals surface area contributed by atoms with Crippen molar-refractivity contribution in [1.82, 2.24) is 16.2 Å².